The SMILES string of the molecule is N#Cc1ccc(COc2ccc(F)c(C3[C@H]4CN(Cc5nc6ccc(C(=O)O)cc6n5C[C@@H]5CCO5)C[C@@H]34)n2)c(F)c1. The Labute approximate surface area is 239 Å². The Morgan fingerprint density at radius 3 is 2.60 bits per heavy atom. The van der Waals surface area contributed by atoms with Crippen LogP contribution in [-0.2, 0) is 24.4 Å². The van der Waals surface area contributed by atoms with Gasteiger partial charge in [0.25, 0.3) is 0 Å². The Kier molecular flexibility index (Phi) is 6.60. The van der Waals surface area contributed by atoms with Crippen LogP contribution in [0.25, 0.3) is 11.0 Å². The lowest BCUT2D eigenvalue weighted by atomic mass is 10.1. The summed E-state index contributed by atoms with van der Waals surface area (Å²) in [5.41, 5.74) is 2.64. The number of benzene rings is 2. The van der Waals surface area contributed by atoms with Gasteiger partial charge in [0.15, 0.2) is 0 Å². The summed E-state index contributed by atoms with van der Waals surface area (Å²) < 4.78 is 42.5. The Morgan fingerprint density at radius 2 is 1.90 bits per heavy atom. The van der Waals surface area contributed by atoms with Crippen LogP contribution in [0.5, 0.6) is 5.88 Å². The van der Waals surface area contributed by atoms with E-state index in [2.05, 4.69) is 14.5 Å². The Morgan fingerprint density at radius 1 is 1.10 bits per heavy atom. The first-order chi connectivity index (χ1) is 20.4. The van der Waals surface area contributed by atoms with Crippen molar-refractivity contribution in [1.82, 2.24) is 19.4 Å². The first kappa shape index (κ1) is 26.5. The van der Waals surface area contributed by atoms with Gasteiger partial charge in [0.2, 0.25) is 5.88 Å². The summed E-state index contributed by atoms with van der Waals surface area (Å²) in [6.45, 7) is 3.39. The van der Waals surface area contributed by atoms with Crippen molar-refractivity contribution >= 4 is 17.0 Å². The van der Waals surface area contributed by atoms with Crippen molar-refractivity contribution < 1.29 is 28.2 Å². The van der Waals surface area contributed by atoms with Gasteiger partial charge in [0.1, 0.15) is 24.1 Å². The summed E-state index contributed by atoms with van der Waals surface area (Å²) in [7, 11) is 0. The minimum atomic E-state index is -0.978. The molecule has 11 heteroatoms. The normalized spacial score (nSPS) is 22.9. The predicted molar refractivity (Wildman–Crippen MR) is 146 cm³/mol. The second-order valence-electron chi connectivity index (χ2n) is 11.2. The fraction of sp³-hybridized carbons (Fsp3) is 0.355. The lowest BCUT2D eigenvalue weighted by Crippen LogP contribution is -2.33. The molecule has 9 nitrogen and oxygen atoms in total. The van der Waals surface area contributed by atoms with E-state index in [0.717, 1.165) is 49.0 Å². The Balaban J connectivity index is 1.03. The van der Waals surface area contributed by atoms with E-state index in [9.17, 15) is 18.7 Å². The number of fused-ring (bicyclic) bond motifs is 2. The zero-order chi connectivity index (χ0) is 29.0. The molecule has 0 spiro atoms. The van der Waals surface area contributed by atoms with E-state index in [1.807, 2.05) is 6.07 Å². The topological polar surface area (TPSA) is 114 Å². The highest BCUT2D eigenvalue weighted by molar-refractivity contribution is 5.92. The number of aromatic nitrogens is 3. The van der Waals surface area contributed by atoms with E-state index in [-0.39, 0.29) is 58.9 Å². The van der Waals surface area contributed by atoms with Gasteiger partial charge in [-0.25, -0.2) is 23.5 Å². The smallest absolute Gasteiger partial charge is 0.335 e. The third-order valence-electron chi connectivity index (χ3n) is 8.61. The van der Waals surface area contributed by atoms with Gasteiger partial charge in [-0.15, -0.1) is 0 Å². The van der Waals surface area contributed by atoms with Crippen molar-refractivity contribution in [3.8, 4) is 11.9 Å². The molecule has 4 heterocycles. The van der Waals surface area contributed by atoms with Gasteiger partial charge in [-0.3, -0.25) is 4.90 Å². The number of hydrogen-bond donors (Lipinski definition) is 1. The van der Waals surface area contributed by atoms with E-state index in [1.54, 1.807) is 18.2 Å². The Bertz CT molecular complexity index is 1740. The summed E-state index contributed by atoms with van der Waals surface area (Å²) in [6, 6.07) is 13.8. The monoisotopic (exact) mass is 571 g/mol. The third-order valence-corrected chi connectivity index (χ3v) is 8.61. The number of halogens is 2. The van der Waals surface area contributed by atoms with Crippen LogP contribution in [0.4, 0.5) is 8.78 Å². The van der Waals surface area contributed by atoms with Gasteiger partial charge in [-0.1, -0.05) is 6.07 Å². The largest absolute Gasteiger partial charge is 0.478 e. The van der Waals surface area contributed by atoms with Crippen LogP contribution in [0.2, 0.25) is 0 Å². The summed E-state index contributed by atoms with van der Waals surface area (Å²) in [5, 5.41) is 18.4. The van der Waals surface area contributed by atoms with E-state index >= 15 is 0 Å². The maximum atomic E-state index is 14.9. The lowest BCUT2D eigenvalue weighted by Gasteiger charge is -2.28. The highest BCUT2D eigenvalue weighted by atomic mass is 19.1. The van der Waals surface area contributed by atoms with Gasteiger partial charge in [0, 0.05) is 37.2 Å². The molecule has 42 heavy (non-hydrogen) atoms. The number of carbonyl (C=O) groups is 1. The number of carboxylic acid groups (broad SMARTS) is 1. The molecule has 0 radical (unpaired) electrons. The second-order valence-corrected chi connectivity index (χ2v) is 11.2. The molecule has 1 aliphatic carbocycles. The van der Waals surface area contributed by atoms with Crippen LogP contribution in [0.3, 0.4) is 0 Å². The highest BCUT2D eigenvalue weighted by Gasteiger charge is 2.57. The highest BCUT2D eigenvalue weighted by Crippen LogP contribution is 2.58. The van der Waals surface area contributed by atoms with Crippen molar-refractivity contribution in [2.45, 2.75) is 38.1 Å². The molecule has 1 unspecified atom stereocenters. The van der Waals surface area contributed by atoms with Crippen LogP contribution < -0.4 is 4.74 Å². The number of imidazole rings is 1. The molecule has 7 rings (SSSR count). The van der Waals surface area contributed by atoms with Crippen LogP contribution in [0.15, 0.2) is 48.5 Å². The maximum absolute atomic E-state index is 14.9. The quantitative estimate of drug-likeness (QED) is 0.313. The molecule has 1 saturated carbocycles. The molecule has 0 amide bonds. The molecule has 4 atom stereocenters. The number of likely N-dealkylation sites (tertiary alicyclic amines) is 1. The van der Waals surface area contributed by atoms with Crippen LogP contribution in [0.1, 0.15) is 45.3 Å². The fourth-order valence-electron chi connectivity index (χ4n) is 6.25. The zero-order valence-corrected chi connectivity index (χ0v) is 22.5. The molecule has 214 valence electrons. The summed E-state index contributed by atoms with van der Waals surface area (Å²) >= 11 is 0. The number of aromatic carboxylic acids is 1. The average Bonchev–Trinajstić information content (AvgIpc) is 3.27. The van der Waals surface area contributed by atoms with Gasteiger partial charge >= 0.3 is 5.97 Å². The molecule has 2 aromatic carbocycles. The summed E-state index contributed by atoms with van der Waals surface area (Å²) in [5.74, 6) is -0.321. The number of ether oxygens (including phenoxy) is 2. The average molecular weight is 572 g/mol. The third kappa shape index (κ3) is 4.86. The van der Waals surface area contributed by atoms with Crippen LogP contribution in [-0.4, -0.2) is 56.3 Å². The number of pyridine rings is 1. The zero-order valence-electron chi connectivity index (χ0n) is 22.5. The number of piperidine rings is 1. The van der Waals surface area contributed by atoms with Crippen molar-refractivity contribution in [3.05, 3.63) is 88.4 Å². The predicted octanol–water partition coefficient (Wildman–Crippen LogP) is 4.49. The van der Waals surface area contributed by atoms with Crippen LogP contribution in [0, 0.1) is 34.8 Å². The lowest BCUT2D eigenvalue weighted by molar-refractivity contribution is -0.0591. The summed E-state index contributed by atoms with van der Waals surface area (Å²) in [4.78, 5) is 23.2. The van der Waals surface area contributed by atoms with Gasteiger partial charge in [0.05, 0.1) is 53.1 Å². The number of rotatable bonds is 9. The number of nitrogens with zero attached hydrogens (tertiary/aromatic N) is 5. The molecule has 4 aromatic rings. The number of hydrogen-bond acceptors (Lipinski definition) is 7. The minimum Gasteiger partial charge on any atom is -0.478 e. The van der Waals surface area contributed by atoms with E-state index < -0.39 is 11.8 Å². The van der Waals surface area contributed by atoms with E-state index in [1.165, 1.54) is 24.3 Å². The Hall–Kier alpha value is -4.40. The van der Waals surface area contributed by atoms with Gasteiger partial charge in [-0.2, -0.15) is 5.26 Å². The number of carboxylic acids is 1. The molecule has 2 saturated heterocycles. The standard InChI is InChI=1S/C31H27F2N5O4/c32-23-4-6-28(42-16-19-2-1-17(11-34)9-24(19)33)36-30(23)29-21-13-37(14-22(21)29)15-27-35-25-5-3-18(31(39)40)10-26(25)38(27)12-20-7-8-41-20/h1-6,9-10,20-22,29H,7-8,12-16H2,(H,39,40)/t20-,21-,22+,29?/m0/s1. The van der Waals surface area contributed by atoms with E-state index in [4.69, 9.17) is 19.7 Å². The molecule has 3 aliphatic rings. The van der Waals surface area contributed by atoms with Crippen molar-refractivity contribution in [1.29, 1.82) is 5.26 Å². The molecular formula is C31H27F2N5O4. The fourth-order valence-corrected chi connectivity index (χ4v) is 6.25. The molecule has 0 bridgehead atoms. The summed E-state index contributed by atoms with van der Waals surface area (Å²) in [6.07, 6.45) is 1.04. The van der Waals surface area contributed by atoms with Crippen molar-refractivity contribution in [2.75, 3.05) is 19.7 Å². The van der Waals surface area contributed by atoms with Gasteiger partial charge in [-0.05, 0) is 54.7 Å². The molecular weight excluding hydrogens is 544 g/mol. The minimum absolute atomic E-state index is 0.0169. The first-order valence-electron chi connectivity index (χ1n) is 13.9. The molecule has 2 aromatic heterocycles. The first-order valence-corrected chi connectivity index (χ1v) is 13.9. The molecule has 2 aliphatic heterocycles. The molecule has 1 N–H and O–H groups in total. The van der Waals surface area contributed by atoms with Crippen molar-refractivity contribution in [2.24, 2.45) is 11.8 Å². The second kappa shape index (κ2) is 10.5. The van der Waals surface area contributed by atoms with E-state index in [0.29, 0.717) is 18.8 Å². The van der Waals surface area contributed by atoms with Gasteiger partial charge < -0.3 is 19.1 Å². The van der Waals surface area contributed by atoms with Crippen molar-refractivity contribution in [3.63, 3.8) is 0 Å². The molecule has 3 fully saturated rings. The number of nitriles is 1. The van der Waals surface area contributed by atoms with Crippen LogP contribution >= 0.6 is 0 Å². The maximum Gasteiger partial charge on any atom is 0.335 e.